The van der Waals surface area contributed by atoms with Gasteiger partial charge in [-0.3, -0.25) is 4.79 Å². The summed E-state index contributed by atoms with van der Waals surface area (Å²) >= 11 is 1.67. The highest BCUT2D eigenvalue weighted by atomic mass is 32.1. The lowest BCUT2D eigenvalue weighted by Gasteiger charge is -2.35. The molecule has 1 aromatic heterocycles. The number of carbonyl (C=O) groups excluding carboxylic acids is 1. The third kappa shape index (κ3) is 3.30. The maximum atomic E-state index is 12.3. The number of rotatable bonds is 3. The largest absolute Gasteiger partial charge is 0.345 e. The molecule has 0 saturated carbocycles. The molecule has 0 spiro atoms. The second kappa shape index (κ2) is 6.54. The van der Waals surface area contributed by atoms with Crippen LogP contribution in [0.3, 0.4) is 0 Å². The van der Waals surface area contributed by atoms with Gasteiger partial charge in [0.25, 0.3) is 0 Å². The van der Waals surface area contributed by atoms with Crippen molar-refractivity contribution >= 4 is 22.4 Å². The normalized spacial score (nSPS) is 23.9. The number of aromatic nitrogens is 1. The molecule has 110 valence electrons. The Labute approximate surface area is 124 Å². The first-order chi connectivity index (χ1) is 9.83. The first-order valence-corrected chi connectivity index (χ1v) is 8.34. The summed E-state index contributed by atoms with van der Waals surface area (Å²) in [5.74, 6) is 0.866. The topological polar surface area (TPSA) is 48.5 Å². The average molecular weight is 294 g/mol. The predicted octanol–water partition coefficient (Wildman–Crippen LogP) is 1.18. The second-order valence-electron chi connectivity index (χ2n) is 5.60. The molecule has 3 rings (SSSR count). The van der Waals surface area contributed by atoms with Crippen LogP contribution in [0.15, 0.2) is 11.6 Å². The van der Waals surface area contributed by atoms with E-state index in [0.29, 0.717) is 18.2 Å². The van der Waals surface area contributed by atoms with Gasteiger partial charge in [-0.1, -0.05) is 0 Å². The molecule has 0 aliphatic carbocycles. The molecule has 0 radical (unpaired) electrons. The van der Waals surface area contributed by atoms with Crippen LogP contribution in [-0.2, 0) is 4.79 Å². The van der Waals surface area contributed by atoms with Gasteiger partial charge in [0.1, 0.15) is 0 Å². The molecule has 1 atom stereocenters. The van der Waals surface area contributed by atoms with Crippen LogP contribution in [0.1, 0.15) is 19.3 Å². The maximum absolute atomic E-state index is 12.3. The van der Waals surface area contributed by atoms with Crippen molar-refractivity contribution < 1.29 is 4.79 Å². The molecule has 2 saturated heterocycles. The summed E-state index contributed by atoms with van der Waals surface area (Å²) in [6, 6.07) is 0. The van der Waals surface area contributed by atoms with E-state index in [-0.39, 0.29) is 0 Å². The number of piperidine rings is 1. The fraction of sp³-hybridized carbons (Fsp3) is 0.714. The quantitative estimate of drug-likeness (QED) is 0.909. The van der Waals surface area contributed by atoms with E-state index < -0.39 is 0 Å². The summed E-state index contributed by atoms with van der Waals surface area (Å²) in [6.07, 6.45) is 4.95. The van der Waals surface area contributed by atoms with Gasteiger partial charge in [-0.25, -0.2) is 4.98 Å². The van der Waals surface area contributed by atoms with Crippen LogP contribution in [0.5, 0.6) is 0 Å². The lowest BCUT2D eigenvalue weighted by molar-refractivity contribution is -0.132. The summed E-state index contributed by atoms with van der Waals surface area (Å²) in [7, 11) is 0. The summed E-state index contributed by atoms with van der Waals surface area (Å²) in [6.45, 7) is 5.59. The van der Waals surface area contributed by atoms with E-state index >= 15 is 0 Å². The molecule has 1 aromatic rings. The minimum absolute atomic E-state index is 0.331. The number of nitrogens with one attached hydrogen (secondary N) is 1. The molecule has 1 unspecified atom stereocenters. The lowest BCUT2D eigenvalue weighted by Crippen LogP contribution is -2.49. The number of piperazine rings is 1. The number of nitrogens with zero attached hydrogens (tertiary/aromatic N) is 3. The van der Waals surface area contributed by atoms with Crippen LogP contribution in [0.2, 0.25) is 0 Å². The molecule has 1 amide bonds. The average Bonchev–Trinajstić information content (AvgIpc) is 3.03. The third-order valence-electron chi connectivity index (χ3n) is 4.18. The van der Waals surface area contributed by atoms with Gasteiger partial charge in [0.2, 0.25) is 5.91 Å². The molecule has 6 heteroatoms. The Morgan fingerprint density at radius 2 is 2.25 bits per heavy atom. The highest BCUT2D eigenvalue weighted by Crippen LogP contribution is 2.20. The molecule has 0 bridgehead atoms. The van der Waals surface area contributed by atoms with Crippen LogP contribution in [0, 0.1) is 5.92 Å². The zero-order chi connectivity index (χ0) is 13.8. The summed E-state index contributed by atoms with van der Waals surface area (Å²) in [5, 5.41) is 6.46. The smallest absolute Gasteiger partial charge is 0.223 e. The zero-order valence-corrected chi connectivity index (χ0v) is 12.6. The first kappa shape index (κ1) is 13.8. The van der Waals surface area contributed by atoms with E-state index in [0.717, 1.165) is 44.4 Å². The SMILES string of the molecule is O=C(CC1CCCNC1)N1CCN(c2nccs2)CC1. The summed E-state index contributed by atoms with van der Waals surface area (Å²) < 4.78 is 0. The fourth-order valence-electron chi connectivity index (χ4n) is 2.99. The van der Waals surface area contributed by atoms with Crippen LogP contribution in [-0.4, -0.2) is 55.1 Å². The Balaban J connectivity index is 1.46. The monoisotopic (exact) mass is 294 g/mol. The number of thiazole rings is 1. The van der Waals surface area contributed by atoms with Crippen molar-refractivity contribution in [1.29, 1.82) is 0 Å². The van der Waals surface area contributed by atoms with Gasteiger partial charge in [0.15, 0.2) is 5.13 Å². The molecular weight excluding hydrogens is 272 g/mol. The number of amides is 1. The number of hydrogen-bond acceptors (Lipinski definition) is 5. The molecule has 20 heavy (non-hydrogen) atoms. The fourth-order valence-corrected chi connectivity index (χ4v) is 3.69. The van der Waals surface area contributed by atoms with Crippen molar-refractivity contribution in [2.75, 3.05) is 44.2 Å². The molecule has 2 fully saturated rings. The van der Waals surface area contributed by atoms with E-state index in [1.807, 2.05) is 16.5 Å². The van der Waals surface area contributed by atoms with Gasteiger partial charge < -0.3 is 15.1 Å². The number of carbonyl (C=O) groups is 1. The molecule has 3 heterocycles. The molecule has 5 nitrogen and oxygen atoms in total. The Hall–Kier alpha value is -1.14. The second-order valence-corrected chi connectivity index (χ2v) is 6.47. The van der Waals surface area contributed by atoms with Crippen molar-refractivity contribution in [2.24, 2.45) is 5.92 Å². The van der Waals surface area contributed by atoms with Crippen molar-refractivity contribution in [3.05, 3.63) is 11.6 Å². The minimum atomic E-state index is 0.331. The van der Waals surface area contributed by atoms with Crippen LogP contribution >= 0.6 is 11.3 Å². The molecule has 2 aliphatic heterocycles. The van der Waals surface area contributed by atoms with Crippen molar-refractivity contribution in [1.82, 2.24) is 15.2 Å². The maximum Gasteiger partial charge on any atom is 0.223 e. The Morgan fingerprint density at radius 3 is 2.90 bits per heavy atom. The Morgan fingerprint density at radius 1 is 1.40 bits per heavy atom. The van der Waals surface area contributed by atoms with Gasteiger partial charge in [-0.15, -0.1) is 11.3 Å². The van der Waals surface area contributed by atoms with Gasteiger partial charge in [0.05, 0.1) is 0 Å². The third-order valence-corrected chi connectivity index (χ3v) is 5.02. The molecular formula is C14H22N4OS. The molecule has 0 aromatic carbocycles. The highest BCUT2D eigenvalue weighted by Gasteiger charge is 2.25. The predicted molar refractivity (Wildman–Crippen MR) is 81.1 cm³/mol. The lowest BCUT2D eigenvalue weighted by atomic mass is 9.95. The van der Waals surface area contributed by atoms with Gasteiger partial charge in [0, 0.05) is 44.2 Å². The van der Waals surface area contributed by atoms with E-state index in [4.69, 9.17) is 0 Å². The molecule has 1 N–H and O–H groups in total. The summed E-state index contributed by atoms with van der Waals surface area (Å²) in [5.41, 5.74) is 0. The van der Waals surface area contributed by atoms with E-state index in [2.05, 4.69) is 15.2 Å². The summed E-state index contributed by atoms with van der Waals surface area (Å²) in [4.78, 5) is 21.0. The van der Waals surface area contributed by atoms with Crippen molar-refractivity contribution in [3.8, 4) is 0 Å². The Kier molecular flexibility index (Phi) is 4.52. The van der Waals surface area contributed by atoms with E-state index in [9.17, 15) is 4.79 Å². The van der Waals surface area contributed by atoms with Crippen molar-refractivity contribution in [3.63, 3.8) is 0 Å². The van der Waals surface area contributed by atoms with Crippen LogP contribution in [0.4, 0.5) is 5.13 Å². The van der Waals surface area contributed by atoms with Crippen molar-refractivity contribution in [2.45, 2.75) is 19.3 Å². The molecule has 2 aliphatic rings. The highest BCUT2D eigenvalue weighted by molar-refractivity contribution is 7.13. The van der Waals surface area contributed by atoms with E-state index in [1.54, 1.807) is 11.3 Å². The standard InChI is InChI=1S/C14H22N4OS/c19-13(10-12-2-1-3-15-11-12)17-5-7-18(8-6-17)14-16-4-9-20-14/h4,9,12,15H,1-3,5-8,10-11H2. The zero-order valence-electron chi connectivity index (χ0n) is 11.8. The van der Waals surface area contributed by atoms with Gasteiger partial charge in [-0.2, -0.15) is 0 Å². The number of hydrogen-bond donors (Lipinski definition) is 1. The van der Waals surface area contributed by atoms with Gasteiger partial charge >= 0.3 is 0 Å². The van der Waals surface area contributed by atoms with E-state index in [1.165, 1.54) is 12.8 Å². The first-order valence-electron chi connectivity index (χ1n) is 7.46. The number of anilines is 1. The Bertz CT molecular complexity index is 422. The van der Waals surface area contributed by atoms with Crippen LogP contribution < -0.4 is 10.2 Å². The van der Waals surface area contributed by atoms with Crippen LogP contribution in [0.25, 0.3) is 0 Å². The minimum Gasteiger partial charge on any atom is -0.345 e. The van der Waals surface area contributed by atoms with Gasteiger partial charge in [-0.05, 0) is 31.8 Å².